The second-order valence-electron chi connectivity index (χ2n) is 7.69. The van der Waals surface area contributed by atoms with Gasteiger partial charge in [0.1, 0.15) is 5.75 Å². The van der Waals surface area contributed by atoms with Crippen LogP contribution in [-0.2, 0) is 16.1 Å². The van der Waals surface area contributed by atoms with Gasteiger partial charge in [0.2, 0.25) is 11.8 Å². The average Bonchev–Trinajstić information content (AvgIpc) is 3.16. The molecule has 0 radical (unpaired) electrons. The molecular formula is C23H27N3O3. The van der Waals surface area contributed by atoms with Crippen molar-refractivity contribution in [3.8, 4) is 5.75 Å². The van der Waals surface area contributed by atoms with Crippen molar-refractivity contribution in [1.82, 2.24) is 9.80 Å². The highest BCUT2D eigenvalue weighted by Crippen LogP contribution is 2.29. The molecule has 6 heteroatoms. The first-order valence-corrected chi connectivity index (χ1v) is 10.1. The van der Waals surface area contributed by atoms with Crippen LogP contribution in [0.1, 0.15) is 12.0 Å². The lowest BCUT2D eigenvalue weighted by Gasteiger charge is -2.36. The Balaban J connectivity index is 1.33. The van der Waals surface area contributed by atoms with Gasteiger partial charge in [-0.3, -0.25) is 14.5 Å². The van der Waals surface area contributed by atoms with Crippen LogP contribution in [-0.4, -0.2) is 61.4 Å². The van der Waals surface area contributed by atoms with Gasteiger partial charge in [-0.1, -0.05) is 36.4 Å². The third kappa shape index (κ3) is 4.43. The second kappa shape index (κ2) is 8.66. The highest BCUT2D eigenvalue weighted by molar-refractivity contribution is 6.00. The molecule has 1 unspecified atom stereocenters. The molecule has 2 fully saturated rings. The molecule has 0 spiro atoms. The van der Waals surface area contributed by atoms with Crippen molar-refractivity contribution in [1.29, 1.82) is 0 Å². The summed E-state index contributed by atoms with van der Waals surface area (Å²) in [6.07, 6.45) is 0.278. The molecular weight excluding hydrogens is 366 g/mol. The van der Waals surface area contributed by atoms with E-state index in [9.17, 15) is 9.59 Å². The van der Waals surface area contributed by atoms with Crippen molar-refractivity contribution in [2.24, 2.45) is 5.92 Å². The molecule has 1 atom stereocenters. The van der Waals surface area contributed by atoms with Crippen LogP contribution in [0.5, 0.6) is 5.75 Å². The van der Waals surface area contributed by atoms with Crippen molar-refractivity contribution >= 4 is 17.5 Å². The maximum absolute atomic E-state index is 13.0. The summed E-state index contributed by atoms with van der Waals surface area (Å²) in [4.78, 5) is 31.6. The molecule has 2 aliphatic heterocycles. The largest absolute Gasteiger partial charge is 0.497 e. The molecule has 0 aromatic heterocycles. The SMILES string of the molecule is COc1cccc(N2CC(C(=O)N3CCN(Cc4ccccc4)CC3)CC2=O)c1. The molecule has 4 rings (SSSR count). The fraction of sp³-hybridized carbons (Fsp3) is 0.391. The van der Waals surface area contributed by atoms with Gasteiger partial charge in [-0.2, -0.15) is 0 Å². The van der Waals surface area contributed by atoms with E-state index in [4.69, 9.17) is 4.74 Å². The second-order valence-corrected chi connectivity index (χ2v) is 7.69. The van der Waals surface area contributed by atoms with E-state index in [1.165, 1.54) is 5.56 Å². The molecule has 0 N–H and O–H groups in total. The summed E-state index contributed by atoms with van der Waals surface area (Å²) in [5.41, 5.74) is 2.08. The maximum Gasteiger partial charge on any atom is 0.228 e. The van der Waals surface area contributed by atoms with Crippen LogP contribution in [0, 0.1) is 5.92 Å². The van der Waals surface area contributed by atoms with E-state index in [1.807, 2.05) is 35.2 Å². The lowest BCUT2D eigenvalue weighted by molar-refractivity contribution is -0.137. The Morgan fingerprint density at radius 1 is 1.03 bits per heavy atom. The molecule has 6 nitrogen and oxygen atoms in total. The molecule has 0 saturated carbocycles. The standard InChI is InChI=1S/C23H27N3O3/c1-29-21-9-5-8-20(15-21)26-17-19(14-22(26)27)23(28)25-12-10-24(11-13-25)16-18-6-3-2-4-7-18/h2-9,15,19H,10-14,16-17H2,1H3. The number of piperazine rings is 1. The molecule has 152 valence electrons. The number of nitrogens with zero attached hydrogens (tertiary/aromatic N) is 3. The summed E-state index contributed by atoms with van der Waals surface area (Å²) in [7, 11) is 1.61. The minimum Gasteiger partial charge on any atom is -0.497 e. The first kappa shape index (κ1) is 19.5. The van der Waals surface area contributed by atoms with E-state index >= 15 is 0 Å². The minimum absolute atomic E-state index is 0.000633. The van der Waals surface area contributed by atoms with Gasteiger partial charge >= 0.3 is 0 Å². The Kier molecular flexibility index (Phi) is 5.81. The molecule has 2 heterocycles. The molecule has 2 aromatic carbocycles. The van der Waals surface area contributed by atoms with Crippen molar-refractivity contribution < 1.29 is 14.3 Å². The highest BCUT2D eigenvalue weighted by atomic mass is 16.5. The van der Waals surface area contributed by atoms with E-state index in [0.717, 1.165) is 38.4 Å². The molecule has 2 aliphatic rings. The Morgan fingerprint density at radius 3 is 2.52 bits per heavy atom. The predicted molar refractivity (Wildman–Crippen MR) is 112 cm³/mol. The smallest absolute Gasteiger partial charge is 0.228 e. The van der Waals surface area contributed by atoms with Gasteiger partial charge in [0.05, 0.1) is 13.0 Å². The van der Waals surface area contributed by atoms with Gasteiger partial charge in [0.15, 0.2) is 0 Å². The number of carbonyl (C=O) groups excluding carboxylic acids is 2. The van der Waals surface area contributed by atoms with Crippen molar-refractivity contribution in [2.75, 3.05) is 44.7 Å². The molecule has 2 saturated heterocycles. The van der Waals surface area contributed by atoms with Crippen molar-refractivity contribution in [3.63, 3.8) is 0 Å². The Bertz CT molecular complexity index is 863. The fourth-order valence-electron chi connectivity index (χ4n) is 4.13. The number of anilines is 1. The van der Waals surface area contributed by atoms with Crippen LogP contribution < -0.4 is 9.64 Å². The number of carbonyl (C=O) groups is 2. The molecule has 29 heavy (non-hydrogen) atoms. The Morgan fingerprint density at radius 2 is 1.79 bits per heavy atom. The summed E-state index contributed by atoms with van der Waals surface area (Å²) in [5.74, 6) is 0.538. The van der Waals surface area contributed by atoms with E-state index < -0.39 is 0 Å². The number of methoxy groups -OCH3 is 1. The lowest BCUT2D eigenvalue weighted by Crippen LogP contribution is -2.50. The monoisotopic (exact) mass is 393 g/mol. The van der Waals surface area contributed by atoms with Crippen molar-refractivity contribution in [2.45, 2.75) is 13.0 Å². The summed E-state index contributed by atoms with van der Waals surface area (Å²) in [5, 5.41) is 0. The average molecular weight is 393 g/mol. The van der Waals surface area contributed by atoms with Crippen LogP contribution in [0.4, 0.5) is 5.69 Å². The Labute approximate surface area is 171 Å². The number of benzene rings is 2. The molecule has 0 bridgehead atoms. The van der Waals surface area contributed by atoms with Crippen molar-refractivity contribution in [3.05, 3.63) is 60.2 Å². The van der Waals surface area contributed by atoms with Crippen LogP contribution >= 0.6 is 0 Å². The van der Waals surface area contributed by atoms with Gasteiger partial charge in [-0.05, 0) is 17.7 Å². The van der Waals surface area contributed by atoms with E-state index in [2.05, 4.69) is 29.2 Å². The molecule has 2 amide bonds. The van der Waals surface area contributed by atoms with Crippen LogP contribution in [0.2, 0.25) is 0 Å². The first-order valence-electron chi connectivity index (χ1n) is 10.1. The summed E-state index contributed by atoms with van der Waals surface area (Å²) < 4.78 is 5.25. The maximum atomic E-state index is 13.0. The van der Waals surface area contributed by atoms with E-state index in [1.54, 1.807) is 12.0 Å². The normalized spacial score (nSPS) is 20.2. The summed E-state index contributed by atoms with van der Waals surface area (Å²) in [6, 6.07) is 17.8. The summed E-state index contributed by atoms with van der Waals surface area (Å²) >= 11 is 0. The van der Waals surface area contributed by atoms with Gasteiger partial charge in [-0.15, -0.1) is 0 Å². The zero-order valence-electron chi connectivity index (χ0n) is 16.8. The lowest BCUT2D eigenvalue weighted by atomic mass is 10.1. The van der Waals surface area contributed by atoms with Gasteiger partial charge in [0, 0.05) is 57.4 Å². The first-order chi connectivity index (χ1) is 14.1. The van der Waals surface area contributed by atoms with Gasteiger partial charge in [-0.25, -0.2) is 0 Å². The topological polar surface area (TPSA) is 53.1 Å². The highest BCUT2D eigenvalue weighted by Gasteiger charge is 2.38. The summed E-state index contributed by atoms with van der Waals surface area (Å²) in [6.45, 7) is 4.51. The van der Waals surface area contributed by atoms with Crippen LogP contribution in [0.25, 0.3) is 0 Å². The number of rotatable bonds is 5. The zero-order valence-corrected chi connectivity index (χ0v) is 16.8. The zero-order chi connectivity index (χ0) is 20.2. The van der Waals surface area contributed by atoms with Crippen LogP contribution in [0.15, 0.2) is 54.6 Å². The molecule has 0 aliphatic carbocycles. The predicted octanol–water partition coefficient (Wildman–Crippen LogP) is 2.39. The van der Waals surface area contributed by atoms with Crippen LogP contribution in [0.3, 0.4) is 0 Å². The number of hydrogen-bond acceptors (Lipinski definition) is 4. The number of amides is 2. The minimum atomic E-state index is -0.269. The number of hydrogen-bond donors (Lipinski definition) is 0. The molecule has 2 aromatic rings. The van der Waals surface area contributed by atoms with Gasteiger partial charge < -0.3 is 14.5 Å². The van der Waals surface area contributed by atoms with Gasteiger partial charge in [0.25, 0.3) is 0 Å². The fourth-order valence-corrected chi connectivity index (χ4v) is 4.13. The third-order valence-corrected chi connectivity index (χ3v) is 5.77. The quantitative estimate of drug-likeness (QED) is 0.783. The van der Waals surface area contributed by atoms with E-state index in [0.29, 0.717) is 12.3 Å². The van der Waals surface area contributed by atoms with E-state index in [-0.39, 0.29) is 24.2 Å². The Hall–Kier alpha value is -2.86. The third-order valence-electron chi connectivity index (χ3n) is 5.77. The number of ether oxygens (including phenoxy) is 1.